The van der Waals surface area contributed by atoms with E-state index in [-0.39, 0.29) is 5.82 Å². The fourth-order valence-electron chi connectivity index (χ4n) is 2.61. The van der Waals surface area contributed by atoms with Gasteiger partial charge in [-0.3, -0.25) is 0 Å². The predicted molar refractivity (Wildman–Crippen MR) is 79.9 cm³/mol. The monoisotopic (exact) mass is 290 g/mol. The molecule has 1 saturated heterocycles. The molecule has 112 valence electrons. The lowest BCUT2D eigenvalue weighted by atomic mass is 10.1. The molecule has 1 aliphatic rings. The number of nitrogens with zero attached hydrogens (tertiary/aromatic N) is 1. The molecule has 0 amide bonds. The lowest BCUT2D eigenvalue weighted by molar-refractivity contribution is -0.144. The average molecular weight is 290 g/mol. The Hall–Kier alpha value is -1.72. The summed E-state index contributed by atoms with van der Waals surface area (Å²) < 4.78 is 25.0. The van der Waals surface area contributed by atoms with Crippen LogP contribution in [0.3, 0.4) is 0 Å². The molecule has 1 fully saturated rings. The first kappa shape index (κ1) is 14.2. The largest absolute Gasteiger partial charge is 0.384 e. The van der Waals surface area contributed by atoms with Gasteiger partial charge in [0.15, 0.2) is 5.79 Å². The van der Waals surface area contributed by atoms with Gasteiger partial charge in [0.2, 0.25) is 0 Å². The standard InChI is InChI=1S/C16H19FN2O2/c1-11-10-14(12-4-3-5-13(17)15(12)19-11)18-7-6-16(2)20-8-9-21-16/h3-5,10H,6-9H2,1-2H3,(H,18,19). The fourth-order valence-corrected chi connectivity index (χ4v) is 2.61. The number of para-hydroxylation sites is 1. The van der Waals surface area contributed by atoms with E-state index in [1.807, 2.05) is 26.0 Å². The van der Waals surface area contributed by atoms with E-state index in [4.69, 9.17) is 9.47 Å². The van der Waals surface area contributed by atoms with Crippen LogP contribution in [0.4, 0.5) is 10.1 Å². The van der Waals surface area contributed by atoms with Crippen LogP contribution in [-0.4, -0.2) is 30.5 Å². The molecule has 4 nitrogen and oxygen atoms in total. The molecule has 2 heterocycles. The van der Waals surface area contributed by atoms with E-state index in [9.17, 15) is 4.39 Å². The molecule has 0 radical (unpaired) electrons. The number of fused-ring (bicyclic) bond motifs is 1. The highest BCUT2D eigenvalue weighted by atomic mass is 19.1. The summed E-state index contributed by atoms with van der Waals surface area (Å²) in [5, 5.41) is 4.13. The van der Waals surface area contributed by atoms with Crippen LogP contribution in [0.1, 0.15) is 19.0 Å². The van der Waals surface area contributed by atoms with Crippen LogP contribution in [0.25, 0.3) is 10.9 Å². The first-order valence-corrected chi connectivity index (χ1v) is 7.15. The molecule has 0 unspecified atom stereocenters. The number of nitrogens with one attached hydrogen (secondary N) is 1. The smallest absolute Gasteiger partial charge is 0.167 e. The van der Waals surface area contributed by atoms with Crippen LogP contribution in [0.15, 0.2) is 24.3 Å². The molecular weight excluding hydrogens is 271 g/mol. The molecule has 0 bridgehead atoms. The number of anilines is 1. The van der Waals surface area contributed by atoms with Crippen LogP contribution in [0, 0.1) is 12.7 Å². The van der Waals surface area contributed by atoms with Crippen molar-refractivity contribution in [3.05, 3.63) is 35.8 Å². The number of rotatable bonds is 4. The van der Waals surface area contributed by atoms with Crippen LogP contribution in [-0.2, 0) is 9.47 Å². The SMILES string of the molecule is Cc1cc(NCCC2(C)OCCO2)c2cccc(F)c2n1. The van der Waals surface area contributed by atoms with Crippen LogP contribution < -0.4 is 5.32 Å². The third kappa shape index (κ3) is 2.99. The van der Waals surface area contributed by atoms with E-state index in [1.165, 1.54) is 6.07 Å². The second-order valence-corrected chi connectivity index (χ2v) is 5.45. The van der Waals surface area contributed by atoms with Crippen molar-refractivity contribution in [2.24, 2.45) is 0 Å². The van der Waals surface area contributed by atoms with Crippen molar-refractivity contribution in [1.82, 2.24) is 4.98 Å². The van der Waals surface area contributed by atoms with Gasteiger partial charge in [0, 0.05) is 29.7 Å². The Balaban J connectivity index is 1.79. The molecule has 1 aliphatic heterocycles. The molecule has 2 aromatic rings. The van der Waals surface area contributed by atoms with E-state index >= 15 is 0 Å². The molecule has 0 saturated carbocycles. The highest BCUT2D eigenvalue weighted by molar-refractivity contribution is 5.91. The first-order valence-electron chi connectivity index (χ1n) is 7.15. The van der Waals surface area contributed by atoms with Crippen LogP contribution in [0.2, 0.25) is 0 Å². The van der Waals surface area contributed by atoms with Crippen molar-refractivity contribution in [2.75, 3.05) is 25.1 Å². The Bertz CT molecular complexity index is 654. The minimum Gasteiger partial charge on any atom is -0.384 e. The number of ether oxygens (including phenoxy) is 2. The zero-order valence-corrected chi connectivity index (χ0v) is 12.3. The summed E-state index contributed by atoms with van der Waals surface area (Å²) in [5.74, 6) is -0.815. The lowest BCUT2D eigenvalue weighted by Crippen LogP contribution is -2.28. The molecule has 5 heteroatoms. The second kappa shape index (κ2) is 5.58. The van der Waals surface area contributed by atoms with Crippen molar-refractivity contribution in [2.45, 2.75) is 26.1 Å². The van der Waals surface area contributed by atoms with Crippen molar-refractivity contribution < 1.29 is 13.9 Å². The summed E-state index contributed by atoms with van der Waals surface area (Å²) in [5.41, 5.74) is 2.08. The van der Waals surface area contributed by atoms with Crippen molar-refractivity contribution in [1.29, 1.82) is 0 Å². The third-order valence-corrected chi connectivity index (χ3v) is 3.71. The van der Waals surface area contributed by atoms with Gasteiger partial charge in [0.25, 0.3) is 0 Å². The maximum Gasteiger partial charge on any atom is 0.167 e. The maximum atomic E-state index is 13.8. The molecule has 0 aliphatic carbocycles. The molecular formula is C16H19FN2O2. The molecule has 3 rings (SSSR count). The van der Waals surface area contributed by atoms with Crippen LogP contribution in [0.5, 0.6) is 0 Å². The number of hydrogen-bond donors (Lipinski definition) is 1. The average Bonchev–Trinajstić information content (AvgIpc) is 2.87. The van der Waals surface area contributed by atoms with Gasteiger partial charge in [-0.05, 0) is 26.0 Å². The minimum absolute atomic E-state index is 0.298. The van der Waals surface area contributed by atoms with E-state index in [0.29, 0.717) is 25.3 Å². The quantitative estimate of drug-likeness (QED) is 0.938. The number of aryl methyl sites for hydroxylation is 1. The zero-order valence-electron chi connectivity index (χ0n) is 12.3. The summed E-state index contributed by atoms with van der Waals surface area (Å²) in [6, 6.07) is 6.93. The highest BCUT2D eigenvalue weighted by Gasteiger charge is 2.30. The number of aromatic nitrogens is 1. The normalized spacial score (nSPS) is 17.3. The predicted octanol–water partition coefficient (Wildman–Crippen LogP) is 3.25. The molecule has 1 aromatic carbocycles. The summed E-state index contributed by atoms with van der Waals surface area (Å²) in [7, 11) is 0. The third-order valence-electron chi connectivity index (χ3n) is 3.71. The van der Waals surface area contributed by atoms with E-state index in [1.54, 1.807) is 6.07 Å². The van der Waals surface area contributed by atoms with Crippen molar-refractivity contribution in [3.8, 4) is 0 Å². The Morgan fingerprint density at radius 2 is 2.10 bits per heavy atom. The lowest BCUT2D eigenvalue weighted by Gasteiger charge is -2.22. The van der Waals surface area contributed by atoms with Gasteiger partial charge in [0.1, 0.15) is 11.3 Å². The Morgan fingerprint density at radius 1 is 1.33 bits per heavy atom. The minimum atomic E-state index is -0.518. The molecule has 0 atom stereocenters. The van der Waals surface area contributed by atoms with Gasteiger partial charge in [-0.1, -0.05) is 12.1 Å². The number of hydrogen-bond acceptors (Lipinski definition) is 4. The van der Waals surface area contributed by atoms with E-state index in [2.05, 4.69) is 10.3 Å². The van der Waals surface area contributed by atoms with Gasteiger partial charge >= 0.3 is 0 Å². The summed E-state index contributed by atoms with van der Waals surface area (Å²) in [4.78, 5) is 4.27. The summed E-state index contributed by atoms with van der Waals surface area (Å²) >= 11 is 0. The van der Waals surface area contributed by atoms with E-state index < -0.39 is 5.79 Å². The fraction of sp³-hybridized carbons (Fsp3) is 0.438. The Labute approximate surface area is 123 Å². The molecule has 0 spiro atoms. The Morgan fingerprint density at radius 3 is 2.86 bits per heavy atom. The van der Waals surface area contributed by atoms with Gasteiger partial charge in [-0.15, -0.1) is 0 Å². The number of pyridine rings is 1. The molecule has 1 aromatic heterocycles. The zero-order chi connectivity index (χ0) is 14.9. The van der Waals surface area contributed by atoms with E-state index in [0.717, 1.165) is 23.2 Å². The summed E-state index contributed by atoms with van der Waals surface area (Å²) in [6.07, 6.45) is 0.727. The van der Waals surface area contributed by atoms with Gasteiger partial charge in [-0.25, -0.2) is 9.37 Å². The maximum absolute atomic E-state index is 13.8. The van der Waals surface area contributed by atoms with Gasteiger partial charge in [-0.2, -0.15) is 0 Å². The van der Waals surface area contributed by atoms with Crippen LogP contribution >= 0.6 is 0 Å². The second-order valence-electron chi connectivity index (χ2n) is 5.45. The summed E-state index contributed by atoms with van der Waals surface area (Å²) in [6.45, 7) is 5.77. The van der Waals surface area contributed by atoms with Gasteiger partial charge < -0.3 is 14.8 Å². The topological polar surface area (TPSA) is 43.4 Å². The Kier molecular flexibility index (Phi) is 3.78. The van der Waals surface area contributed by atoms with Crippen molar-refractivity contribution in [3.63, 3.8) is 0 Å². The number of halogens is 1. The molecule has 21 heavy (non-hydrogen) atoms. The number of benzene rings is 1. The first-order chi connectivity index (χ1) is 10.1. The van der Waals surface area contributed by atoms with Gasteiger partial charge in [0.05, 0.1) is 13.2 Å². The molecule has 1 N–H and O–H groups in total. The highest BCUT2D eigenvalue weighted by Crippen LogP contribution is 2.26. The van der Waals surface area contributed by atoms with Crippen molar-refractivity contribution >= 4 is 16.6 Å².